The number of carbonyl (C=O) groups excluding carboxylic acids is 2. The monoisotopic (exact) mass is 446 g/mol. The Morgan fingerprint density at radius 3 is 2.65 bits per heavy atom. The summed E-state index contributed by atoms with van der Waals surface area (Å²) in [6.45, 7) is 0.707. The van der Waals surface area contributed by atoms with Gasteiger partial charge in [0.05, 0.1) is 10.7 Å². The molecule has 3 amide bonds. The van der Waals surface area contributed by atoms with E-state index in [0.29, 0.717) is 24.0 Å². The minimum Gasteiger partial charge on any atom is -0.474 e. The zero-order valence-electron chi connectivity index (χ0n) is 17.0. The maximum Gasteiger partial charge on any atom is 0.325 e. The fraction of sp³-hybridized carbons (Fsp3) is 0.409. The van der Waals surface area contributed by atoms with Crippen LogP contribution >= 0.6 is 11.6 Å². The first-order valence-electron chi connectivity index (χ1n) is 10.4. The molecule has 1 aliphatic carbocycles. The minimum atomic E-state index is -0.449. The molecule has 1 aromatic heterocycles. The van der Waals surface area contributed by atoms with Crippen LogP contribution in [-0.4, -0.2) is 53.6 Å². The summed E-state index contributed by atoms with van der Waals surface area (Å²) in [4.78, 5) is 32.0. The number of urea groups is 1. The Bertz CT molecular complexity index is 935. The molecule has 7 nitrogen and oxygen atoms in total. The average molecular weight is 447 g/mol. The number of nitrogens with one attached hydrogen (secondary N) is 1. The predicted octanol–water partition coefficient (Wildman–Crippen LogP) is 3.62. The van der Waals surface area contributed by atoms with Crippen molar-refractivity contribution in [3.05, 3.63) is 53.4 Å². The van der Waals surface area contributed by atoms with E-state index in [-0.39, 0.29) is 36.3 Å². The Morgan fingerprint density at radius 2 is 1.94 bits per heavy atom. The maximum atomic E-state index is 14.0. The van der Waals surface area contributed by atoms with E-state index < -0.39 is 5.82 Å². The van der Waals surface area contributed by atoms with Gasteiger partial charge in [0, 0.05) is 31.4 Å². The number of aromatic nitrogens is 1. The van der Waals surface area contributed by atoms with Crippen LogP contribution in [0.1, 0.15) is 25.7 Å². The van der Waals surface area contributed by atoms with Crippen LogP contribution in [0.15, 0.2) is 42.6 Å². The van der Waals surface area contributed by atoms with E-state index in [0.717, 1.165) is 25.7 Å². The Kier molecular flexibility index (Phi) is 6.56. The van der Waals surface area contributed by atoms with Gasteiger partial charge in [0.15, 0.2) is 0 Å². The van der Waals surface area contributed by atoms with E-state index in [1.165, 1.54) is 15.9 Å². The second-order valence-electron chi connectivity index (χ2n) is 7.78. The number of carbonyl (C=O) groups is 2. The molecular formula is C22H24ClFN4O3. The molecule has 0 radical (unpaired) electrons. The second kappa shape index (κ2) is 9.51. The molecule has 164 valence electrons. The van der Waals surface area contributed by atoms with Gasteiger partial charge in [0.2, 0.25) is 11.8 Å². The SMILES string of the molecule is O=C(CN1CCN(c2ccccc2F)C1=O)NC1CCC(Oc2ccc(Cl)cn2)CC1. The highest BCUT2D eigenvalue weighted by Gasteiger charge is 2.33. The normalized spacial score (nSPS) is 21.3. The van der Waals surface area contributed by atoms with Crippen LogP contribution in [0.3, 0.4) is 0 Å². The van der Waals surface area contributed by atoms with Gasteiger partial charge in [-0.05, 0) is 43.9 Å². The lowest BCUT2D eigenvalue weighted by molar-refractivity contribution is -0.122. The van der Waals surface area contributed by atoms with Gasteiger partial charge in [-0.25, -0.2) is 14.2 Å². The molecule has 2 fully saturated rings. The zero-order chi connectivity index (χ0) is 21.8. The molecule has 4 rings (SSSR count). The van der Waals surface area contributed by atoms with Crippen molar-refractivity contribution in [1.29, 1.82) is 0 Å². The fourth-order valence-electron chi connectivity index (χ4n) is 4.00. The first kappa shape index (κ1) is 21.4. The number of anilines is 1. The first-order chi connectivity index (χ1) is 15.0. The topological polar surface area (TPSA) is 74.8 Å². The van der Waals surface area contributed by atoms with Crippen molar-refractivity contribution in [2.75, 3.05) is 24.5 Å². The molecule has 31 heavy (non-hydrogen) atoms. The molecule has 9 heteroatoms. The summed E-state index contributed by atoms with van der Waals surface area (Å²) in [5.41, 5.74) is 0.240. The van der Waals surface area contributed by atoms with Crippen molar-refractivity contribution in [3.63, 3.8) is 0 Å². The number of pyridine rings is 1. The van der Waals surface area contributed by atoms with Crippen LogP contribution < -0.4 is 15.0 Å². The fourth-order valence-corrected chi connectivity index (χ4v) is 4.11. The van der Waals surface area contributed by atoms with Gasteiger partial charge in [-0.1, -0.05) is 23.7 Å². The Balaban J connectivity index is 1.22. The third-order valence-electron chi connectivity index (χ3n) is 5.60. The number of hydrogen-bond acceptors (Lipinski definition) is 4. The number of para-hydroxylation sites is 1. The van der Waals surface area contributed by atoms with E-state index in [1.807, 2.05) is 0 Å². The van der Waals surface area contributed by atoms with Gasteiger partial charge in [0.1, 0.15) is 18.5 Å². The lowest BCUT2D eigenvalue weighted by atomic mass is 9.93. The van der Waals surface area contributed by atoms with Gasteiger partial charge in [-0.2, -0.15) is 0 Å². The lowest BCUT2D eigenvalue weighted by Gasteiger charge is -2.29. The molecule has 2 heterocycles. The third-order valence-corrected chi connectivity index (χ3v) is 5.82. The van der Waals surface area contributed by atoms with Crippen LogP contribution in [0.4, 0.5) is 14.9 Å². The molecule has 2 aliphatic rings. The van der Waals surface area contributed by atoms with Crippen LogP contribution in [0.25, 0.3) is 0 Å². The van der Waals surface area contributed by atoms with Crippen LogP contribution in [-0.2, 0) is 4.79 Å². The largest absolute Gasteiger partial charge is 0.474 e. The lowest BCUT2D eigenvalue weighted by Crippen LogP contribution is -2.45. The third kappa shape index (κ3) is 5.25. The predicted molar refractivity (Wildman–Crippen MR) is 115 cm³/mol. The minimum absolute atomic E-state index is 0.0328. The van der Waals surface area contributed by atoms with E-state index in [2.05, 4.69) is 10.3 Å². The number of ether oxygens (including phenoxy) is 1. The van der Waals surface area contributed by atoms with Crippen molar-refractivity contribution in [2.24, 2.45) is 0 Å². The van der Waals surface area contributed by atoms with Gasteiger partial charge < -0.3 is 15.0 Å². The second-order valence-corrected chi connectivity index (χ2v) is 8.22. The molecule has 1 saturated carbocycles. The van der Waals surface area contributed by atoms with Crippen LogP contribution in [0.5, 0.6) is 5.88 Å². The van der Waals surface area contributed by atoms with E-state index in [1.54, 1.807) is 36.5 Å². The molecule has 1 N–H and O–H groups in total. The summed E-state index contributed by atoms with van der Waals surface area (Å²) < 4.78 is 19.9. The molecule has 1 aromatic carbocycles. The van der Waals surface area contributed by atoms with E-state index >= 15 is 0 Å². The number of amides is 3. The van der Waals surface area contributed by atoms with Crippen LogP contribution in [0, 0.1) is 5.82 Å². The van der Waals surface area contributed by atoms with Crippen molar-refractivity contribution in [2.45, 2.75) is 37.8 Å². The number of hydrogen-bond donors (Lipinski definition) is 1. The Labute approximate surface area is 185 Å². The molecule has 0 atom stereocenters. The summed E-state index contributed by atoms with van der Waals surface area (Å²) in [5, 5.41) is 3.57. The standard InChI is InChI=1S/C22H24ClFN4O3/c23-15-5-10-21(25-13-15)31-17-8-6-16(7-9-17)26-20(29)14-27-11-12-28(22(27)30)19-4-2-1-3-18(19)24/h1-5,10,13,16-17H,6-9,11-12,14H2,(H,26,29). The molecular weight excluding hydrogens is 423 g/mol. The smallest absolute Gasteiger partial charge is 0.325 e. The molecule has 0 bridgehead atoms. The number of rotatable bonds is 6. The van der Waals surface area contributed by atoms with Gasteiger partial charge in [0.25, 0.3) is 0 Å². The Morgan fingerprint density at radius 1 is 1.16 bits per heavy atom. The number of benzene rings is 1. The van der Waals surface area contributed by atoms with E-state index in [9.17, 15) is 14.0 Å². The summed E-state index contributed by atoms with van der Waals surface area (Å²) in [6.07, 6.45) is 4.79. The van der Waals surface area contributed by atoms with Crippen molar-refractivity contribution >= 4 is 29.2 Å². The van der Waals surface area contributed by atoms with Crippen molar-refractivity contribution < 1.29 is 18.7 Å². The highest BCUT2D eigenvalue weighted by Crippen LogP contribution is 2.25. The highest BCUT2D eigenvalue weighted by molar-refractivity contribution is 6.30. The number of nitrogens with zero attached hydrogens (tertiary/aromatic N) is 3. The molecule has 1 saturated heterocycles. The highest BCUT2D eigenvalue weighted by atomic mass is 35.5. The molecule has 0 spiro atoms. The van der Waals surface area contributed by atoms with Gasteiger partial charge in [-0.15, -0.1) is 0 Å². The Hall–Kier alpha value is -2.87. The number of halogens is 2. The van der Waals surface area contributed by atoms with Crippen LogP contribution in [0.2, 0.25) is 5.02 Å². The zero-order valence-corrected chi connectivity index (χ0v) is 17.7. The summed E-state index contributed by atoms with van der Waals surface area (Å²) >= 11 is 5.84. The summed E-state index contributed by atoms with van der Waals surface area (Å²) in [5.74, 6) is -0.105. The summed E-state index contributed by atoms with van der Waals surface area (Å²) in [6, 6.07) is 9.33. The quantitative estimate of drug-likeness (QED) is 0.735. The molecule has 2 aromatic rings. The maximum absolute atomic E-state index is 14.0. The van der Waals surface area contributed by atoms with E-state index in [4.69, 9.17) is 16.3 Å². The summed E-state index contributed by atoms with van der Waals surface area (Å²) in [7, 11) is 0. The average Bonchev–Trinajstić information content (AvgIpc) is 3.11. The van der Waals surface area contributed by atoms with Crippen molar-refractivity contribution in [3.8, 4) is 5.88 Å². The first-order valence-corrected chi connectivity index (χ1v) is 10.8. The van der Waals surface area contributed by atoms with Gasteiger partial charge in [-0.3, -0.25) is 9.69 Å². The molecule has 0 unspecified atom stereocenters. The molecule has 1 aliphatic heterocycles. The van der Waals surface area contributed by atoms with Gasteiger partial charge >= 0.3 is 6.03 Å². The van der Waals surface area contributed by atoms with Crippen molar-refractivity contribution in [1.82, 2.24) is 15.2 Å².